The van der Waals surface area contributed by atoms with E-state index in [0.717, 1.165) is 18.3 Å². The summed E-state index contributed by atoms with van der Waals surface area (Å²) in [5.74, 6) is 0.181. The van der Waals surface area contributed by atoms with Crippen molar-refractivity contribution in [1.29, 1.82) is 0 Å². The number of hydrogen-bond acceptors (Lipinski definition) is 2. The summed E-state index contributed by atoms with van der Waals surface area (Å²) >= 11 is 6.11. The van der Waals surface area contributed by atoms with Gasteiger partial charge in [-0.05, 0) is 35.4 Å². The normalized spacial score (nSPS) is 23.4. The molecule has 0 aliphatic heterocycles. The predicted molar refractivity (Wildman–Crippen MR) is 91.0 cm³/mol. The van der Waals surface area contributed by atoms with Crippen LogP contribution in [-0.4, -0.2) is 35.5 Å². The topological polar surface area (TPSA) is 57.6 Å². The minimum absolute atomic E-state index is 0.122. The SMILES string of the molecule is CC(C)(C)CN(C[C@]1(c2cccc(Cl)c2)CC1CC=O)C(=O)O. The van der Waals surface area contributed by atoms with Crippen molar-refractivity contribution in [1.82, 2.24) is 4.90 Å². The van der Waals surface area contributed by atoms with E-state index in [-0.39, 0.29) is 16.7 Å². The summed E-state index contributed by atoms with van der Waals surface area (Å²) in [6.45, 7) is 6.91. The number of nitrogens with zero attached hydrogens (tertiary/aromatic N) is 1. The van der Waals surface area contributed by atoms with Crippen LogP contribution in [0.25, 0.3) is 0 Å². The van der Waals surface area contributed by atoms with Crippen LogP contribution in [0.2, 0.25) is 5.02 Å². The molecule has 2 rings (SSSR count). The molecule has 0 heterocycles. The van der Waals surface area contributed by atoms with E-state index in [9.17, 15) is 14.7 Å². The molecule has 126 valence electrons. The highest BCUT2D eigenvalue weighted by molar-refractivity contribution is 6.30. The highest BCUT2D eigenvalue weighted by Crippen LogP contribution is 2.56. The van der Waals surface area contributed by atoms with Crippen molar-refractivity contribution in [3.05, 3.63) is 34.9 Å². The molecule has 1 amide bonds. The monoisotopic (exact) mass is 337 g/mol. The second-order valence-electron chi connectivity index (χ2n) is 7.67. The van der Waals surface area contributed by atoms with Crippen LogP contribution in [0, 0.1) is 11.3 Å². The van der Waals surface area contributed by atoms with Crippen molar-refractivity contribution in [2.45, 2.75) is 39.0 Å². The number of carbonyl (C=O) groups is 2. The third-order valence-electron chi connectivity index (χ3n) is 4.42. The van der Waals surface area contributed by atoms with E-state index in [1.54, 1.807) is 6.07 Å². The molecule has 1 aromatic carbocycles. The zero-order chi connectivity index (χ0) is 17.3. The molecule has 2 atom stereocenters. The first-order chi connectivity index (χ1) is 10.7. The molecule has 1 aromatic rings. The fourth-order valence-electron chi connectivity index (χ4n) is 3.35. The van der Waals surface area contributed by atoms with Gasteiger partial charge >= 0.3 is 6.09 Å². The summed E-state index contributed by atoms with van der Waals surface area (Å²) in [6, 6.07) is 7.56. The molecule has 4 nitrogen and oxygen atoms in total. The summed E-state index contributed by atoms with van der Waals surface area (Å²) in [4.78, 5) is 24.1. The van der Waals surface area contributed by atoms with Gasteiger partial charge in [0, 0.05) is 29.9 Å². The number of hydrogen-bond donors (Lipinski definition) is 1. The number of aldehydes is 1. The summed E-state index contributed by atoms with van der Waals surface area (Å²) in [5.41, 5.74) is 0.607. The Bertz CT molecular complexity index is 596. The van der Waals surface area contributed by atoms with Gasteiger partial charge in [-0.1, -0.05) is 44.5 Å². The molecule has 1 unspecified atom stereocenters. The van der Waals surface area contributed by atoms with Crippen LogP contribution in [-0.2, 0) is 10.2 Å². The van der Waals surface area contributed by atoms with E-state index < -0.39 is 6.09 Å². The van der Waals surface area contributed by atoms with Gasteiger partial charge in [0.05, 0.1) is 0 Å². The zero-order valence-electron chi connectivity index (χ0n) is 13.9. The Morgan fingerprint density at radius 1 is 1.48 bits per heavy atom. The average Bonchev–Trinajstić information content (AvgIpc) is 3.11. The van der Waals surface area contributed by atoms with Crippen molar-refractivity contribution >= 4 is 24.0 Å². The Hall–Kier alpha value is -1.55. The van der Waals surface area contributed by atoms with Crippen LogP contribution in [0.4, 0.5) is 4.79 Å². The second-order valence-corrected chi connectivity index (χ2v) is 8.11. The molecule has 0 bridgehead atoms. The predicted octanol–water partition coefficient (Wildman–Crippen LogP) is 4.21. The van der Waals surface area contributed by atoms with Crippen LogP contribution in [0.3, 0.4) is 0 Å². The molecule has 0 spiro atoms. The molecule has 1 aliphatic rings. The van der Waals surface area contributed by atoms with Crippen LogP contribution in [0.1, 0.15) is 39.2 Å². The van der Waals surface area contributed by atoms with E-state index in [2.05, 4.69) is 0 Å². The van der Waals surface area contributed by atoms with E-state index in [4.69, 9.17) is 11.6 Å². The van der Waals surface area contributed by atoms with Crippen molar-refractivity contribution in [2.24, 2.45) is 11.3 Å². The first kappa shape index (κ1) is 17.8. The Morgan fingerprint density at radius 2 is 2.17 bits per heavy atom. The quantitative estimate of drug-likeness (QED) is 0.791. The van der Waals surface area contributed by atoms with Crippen LogP contribution < -0.4 is 0 Å². The molecule has 1 saturated carbocycles. The first-order valence-electron chi connectivity index (χ1n) is 7.85. The number of carboxylic acid groups (broad SMARTS) is 1. The minimum Gasteiger partial charge on any atom is -0.465 e. The summed E-state index contributed by atoms with van der Waals surface area (Å²) in [5, 5.41) is 10.2. The van der Waals surface area contributed by atoms with Crippen LogP contribution in [0.15, 0.2) is 24.3 Å². The lowest BCUT2D eigenvalue weighted by molar-refractivity contribution is -0.108. The van der Waals surface area contributed by atoms with E-state index in [1.807, 2.05) is 39.0 Å². The van der Waals surface area contributed by atoms with Gasteiger partial charge in [-0.25, -0.2) is 4.79 Å². The summed E-state index contributed by atoms with van der Waals surface area (Å²) in [6.07, 6.45) is 1.28. The van der Waals surface area contributed by atoms with Gasteiger partial charge in [-0.3, -0.25) is 0 Å². The third kappa shape index (κ3) is 4.25. The molecular weight excluding hydrogens is 314 g/mol. The zero-order valence-corrected chi connectivity index (χ0v) is 14.6. The molecule has 1 aliphatic carbocycles. The molecule has 5 heteroatoms. The largest absolute Gasteiger partial charge is 0.465 e. The smallest absolute Gasteiger partial charge is 0.407 e. The van der Waals surface area contributed by atoms with Crippen molar-refractivity contribution < 1.29 is 14.7 Å². The van der Waals surface area contributed by atoms with Gasteiger partial charge in [0.1, 0.15) is 6.29 Å². The average molecular weight is 338 g/mol. The lowest BCUT2D eigenvalue weighted by Gasteiger charge is -2.32. The Kier molecular flexibility index (Phi) is 5.04. The Morgan fingerprint density at radius 3 is 2.70 bits per heavy atom. The second kappa shape index (κ2) is 6.52. The van der Waals surface area contributed by atoms with Gasteiger partial charge < -0.3 is 14.8 Å². The fourth-order valence-corrected chi connectivity index (χ4v) is 3.54. The van der Waals surface area contributed by atoms with E-state index in [0.29, 0.717) is 24.5 Å². The lowest BCUT2D eigenvalue weighted by atomic mass is 9.90. The number of benzene rings is 1. The van der Waals surface area contributed by atoms with Crippen molar-refractivity contribution in [2.75, 3.05) is 13.1 Å². The van der Waals surface area contributed by atoms with E-state index >= 15 is 0 Å². The van der Waals surface area contributed by atoms with Gasteiger partial charge in [0.15, 0.2) is 0 Å². The number of carbonyl (C=O) groups excluding carboxylic acids is 1. The maximum atomic E-state index is 11.7. The van der Waals surface area contributed by atoms with Crippen molar-refractivity contribution in [3.63, 3.8) is 0 Å². The van der Waals surface area contributed by atoms with E-state index in [1.165, 1.54) is 4.90 Å². The molecule has 23 heavy (non-hydrogen) atoms. The Labute approximate surface area is 142 Å². The standard InChI is InChI=1S/C18H24ClNO3/c1-17(2,3)11-20(16(22)23)12-18(10-14(18)7-8-21)13-5-4-6-15(19)9-13/h4-6,8-9,14H,7,10-12H2,1-3H3,(H,22,23)/t14?,18-/m0/s1. The maximum absolute atomic E-state index is 11.7. The summed E-state index contributed by atoms with van der Waals surface area (Å²) < 4.78 is 0. The van der Waals surface area contributed by atoms with Gasteiger partial charge in [-0.2, -0.15) is 0 Å². The molecule has 0 saturated heterocycles. The lowest BCUT2D eigenvalue weighted by Crippen LogP contribution is -2.42. The number of halogens is 1. The molecule has 0 aromatic heterocycles. The highest BCUT2D eigenvalue weighted by Gasteiger charge is 2.56. The van der Waals surface area contributed by atoms with Gasteiger partial charge in [0.2, 0.25) is 0 Å². The molecule has 1 fully saturated rings. The molecule has 0 radical (unpaired) electrons. The third-order valence-corrected chi connectivity index (χ3v) is 4.66. The van der Waals surface area contributed by atoms with Crippen molar-refractivity contribution in [3.8, 4) is 0 Å². The van der Waals surface area contributed by atoms with Gasteiger partial charge in [0.25, 0.3) is 0 Å². The minimum atomic E-state index is -0.918. The van der Waals surface area contributed by atoms with Gasteiger partial charge in [-0.15, -0.1) is 0 Å². The maximum Gasteiger partial charge on any atom is 0.407 e. The fraction of sp³-hybridized carbons (Fsp3) is 0.556. The molecular formula is C18H24ClNO3. The highest BCUT2D eigenvalue weighted by atomic mass is 35.5. The summed E-state index contributed by atoms with van der Waals surface area (Å²) in [7, 11) is 0. The molecule has 1 N–H and O–H groups in total. The number of amides is 1. The Balaban J connectivity index is 2.29. The van der Waals surface area contributed by atoms with Crippen LogP contribution >= 0.6 is 11.6 Å². The number of rotatable bonds is 6. The first-order valence-corrected chi connectivity index (χ1v) is 8.23. The van der Waals surface area contributed by atoms with Crippen LogP contribution in [0.5, 0.6) is 0 Å².